The molecule has 0 bridgehead atoms. The maximum absolute atomic E-state index is 14.5. The Bertz CT molecular complexity index is 1550. The number of alkyl halides is 3. The molecule has 202 valence electrons. The van der Waals surface area contributed by atoms with Gasteiger partial charge in [-0.2, -0.15) is 0 Å². The van der Waals surface area contributed by atoms with E-state index in [1.54, 1.807) is 28.5 Å². The summed E-state index contributed by atoms with van der Waals surface area (Å²) in [5.74, 6) is -2.43. The number of imidazole rings is 1. The average Bonchev–Trinajstić information content (AvgIpc) is 3.32. The lowest BCUT2D eigenvalue weighted by Crippen LogP contribution is -2.38. The smallest absolute Gasteiger partial charge is 0.270 e. The van der Waals surface area contributed by atoms with Crippen LogP contribution < -0.4 is 0 Å². The number of pyridine rings is 1. The molecule has 0 saturated carbocycles. The largest absolute Gasteiger partial charge is 0.339 e. The molecular formula is C30H30F3N5O. The Labute approximate surface area is 225 Å². The van der Waals surface area contributed by atoms with Crippen molar-refractivity contribution in [3.05, 3.63) is 94.6 Å². The van der Waals surface area contributed by atoms with E-state index in [-0.39, 0.29) is 23.1 Å². The molecule has 6 nitrogen and oxygen atoms in total. The van der Waals surface area contributed by atoms with Gasteiger partial charge in [0, 0.05) is 43.3 Å². The Morgan fingerprint density at radius 1 is 1.08 bits per heavy atom. The lowest BCUT2D eigenvalue weighted by molar-refractivity contribution is 0.0174. The first kappa shape index (κ1) is 26.6. The second-order valence-electron chi connectivity index (χ2n) is 10.2. The number of hydrogen-bond acceptors (Lipinski definition) is 4. The highest BCUT2D eigenvalue weighted by molar-refractivity contribution is 6.10. The van der Waals surface area contributed by atoms with Crippen molar-refractivity contribution in [2.24, 2.45) is 0 Å². The molecule has 1 saturated heterocycles. The van der Waals surface area contributed by atoms with Crippen LogP contribution in [0.25, 0.3) is 11.0 Å². The Morgan fingerprint density at radius 3 is 2.46 bits per heavy atom. The number of carbonyl (C=O) groups excluding carboxylic acids is 1. The number of rotatable bonds is 6. The van der Waals surface area contributed by atoms with E-state index in [0.29, 0.717) is 54.1 Å². The maximum Gasteiger partial charge on any atom is 0.270 e. The van der Waals surface area contributed by atoms with E-state index >= 15 is 0 Å². The van der Waals surface area contributed by atoms with Gasteiger partial charge in [0.2, 0.25) is 0 Å². The molecule has 0 aliphatic carbocycles. The van der Waals surface area contributed by atoms with Crippen molar-refractivity contribution in [2.45, 2.75) is 51.7 Å². The number of piperidine rings is 1. The van der Waals surface area contributed by atoms with Crippen LogP contribution in [0.2, 0.25) is 0 Å². The van der Waals surface area contributed by atoms with Crippen molar-refractivity contribution in [3.63, 3.8) is 0 Å². The standard InChI is InChI=1S/C30H30F3N5O/c1-18-15-22(17-35-27(18)26(34)21-7-6-8-23(16-21)30(3,32)33)29(39)37-13-11-20(12-14-37)28-36-24-9-4-5-10-25(24)38(28)19(2)31/h4-10,15-17,19-20,34H,11-14H2,1-3H3. The van der Waals surface area contributed by atoms with Gasteiger partial charge in [-0.05, 0) is 56.5 Å². The van der Waals surface area contributed by atoms with Crippen molar-refractivity contribution in [3.8, 4) is 0 Å². The maximum atomic E-state index is 14.5. The van der Waals surface area contributed by atoms with E-state index in [9.17, 15) is 18.0 Å². The molecule has 1 N–H and O–H groups in total. The van der Waals surface area contributed by atoms with Crippen molar-refractivity contribution in [2.75, 3.05) is 13.1 Å². The van der Waals surface area contributed by atoms with Crippen LogP contribution in [0.1, 0.15) is 77.5 Å². The Kier molecular flexibility index (Phi) is 7.01. The predicted octanol–water partition coefficient (Wildman–Crippen LogP) is 6.78. The molecule has 1 amide bonds. The minimum absolute atomic E-state index is 0.0170. The van der Waals surface area contributed by atoms with Gasteiger partial charge in [0.25, 0.3) is 11.8 Å². The third-order valence-electron chi connectivity index (χ3n) is 7.35. The zero-order valence-corrected chi connectivity index (χ0v) is 22.1. The molecule has 2 aromatic carbocycles. The van der Waals surface area contributed by atoms with Crippen LogP contribution in [-0.2, 0) is 5.92 Å². The summed E-state index contributed by atoms with van der Waals surface area (Å²) in [5, 5.41) is 8.54. The second-order valence-corrected chi connectivity index (χ2v) is 10.2. The van der Waals surface area contributed by atoms with E-state index in [2.05, 4.69) is 4.98 Å². The summed E-state index contributed by atoms with van der Waals surface area (Å²) >= 11 is 0. The van der Waals surface area contributed by atoms with Gasteiger partial charge in [0.15, 0.2) is 6.30 Å². The lowest BCUT2D eigenvalue weighted by Gasteiger charge is -2.32. The van der Waals surface area contributed by atoms with E-state index in [4.69, 9.17) is 10.4 Å². The highest BCUT2D eigenvalue weighted by atomic mass is 19.3. The fourth-order valence-electron chi connectivity index (χ4n) is 5.29. The minimum Gasteiger partial charge on any atom is -0.339 e. The zero-order valence-electron chi connectivity index (χ0n) is 22.1. The number of likely N-dealkylation sites (tertiary alicyclic amines) is 1. The second kappa shape index (κ2) is 10.3. The van der Waals surface area contributed by atoms with Gasteiger partial charge in [0.05, 0.1) is 28.0 Å². The van der Waals surface area contributed by atoms with Crippen LogP contribution in [0.4, 0.5) is 13.2 Å². The van der Waals surface area contributed by atoms with Crippen LogP contribution >= 0.6 is 0 Å². The molecule has 5 rings (SSSR count). The first-order valence-corrected chi connectivity index (χ1v) is 13.0. The summed E-state index contributed by atoms with van der Waals surface area (Å²) in [4.78, 5) is 24.1. The van der Waals surface area contributed by atoms with Gasteiger partial charge in [-0.15, -0.1) is 0 Å². The van der Waals surface area contributed by atoms with Gasteiger partial charge in [0.1, 0.15) is 5.82 Å². The fraction of sp³-hybridized carbons (Fsp3) is 0.333. The van der Waals surface area contributed by atoms with E-state index in [1.165, 1.54) is 31.3 Å². The summed E-state index contributed by atoms with van der Waals surface area (Å²) < 4.78 is 43.7. The van der Waals surface area contributed by atoms with Crippen LogP contribution in [0.5, 0.6) is 0 Å². The predicted molar refractivity (Wildman–Crippen MR) is 144 cm³/mol. The van der Waals surface area contributed by atoms with Crippen LogP contribution in [0.15, 0.2) is 60.8 Å². The Morgan fingerprint density at radius 2 is 1.79 bits per heavy atom. The monoisotopic (exact) mass is 533 g/mol. The van der Waals surface area contributed by atoms with Crippen LogP contribution in [-0.4, -0.2) is 44.1 Å². The summed E-state index contributed by atoms with van der Waals surface area (Å²) in [6.07, 6.45) is 1.55. The number of amides is 1. The molecule has 0 radical (unpaired) electrons. The fourth-order valence-corrected chi connectivity index (χ4v) is 5.29. The number of halogens is 3. The Balaban J connectivity index is 1.30. The summed E-state index contributed by atoms with van der Waals surface area (Å²) in [7, 11) is 0. The Hall–Kier alpha value is -4.01. The highest BCUT2D eigenvalue weighted by Crippen LogP contribution is 2.33. The zero-order chi connectivity index (χ0) is 27.9. The number of aromatic nitrogens is 3. The van der Waals surface area contributed by atoms with Gasteiger partial charge in [-0.25, -0.2) is 18.2 Å². The highest BCUT2D eigenvalue weighted by Gasteiger charge is 2.30. The third-order valence-corrected chi connectivity index (χ3v) is 7.35. The van der Waals surface area contributed by atoms with E-state index in [0.717, 1.165) is 18.0 Å². The SMILES string of the molecule is Cc1cc(C(=O)N2CCC(c3nc4ccccc4n3C(C)F)CC2)cnc1C(=N)c1cccc(C(C)(F)F)c1. The summed E-state index contributed by atoms with van der Waals surface area (Å²) in [6.45, 7) is 5.08. The molecule has 4 aromatic rings. The number of carbonyl (C=O) groups is 1. The number of fused-ring (bicyclic) bond motifs is 1. The summed E-state index contributed by atoms with van der Waals surface area (Å²) in [6, 6.07) is 14.9. The van der Waals surface area contributed by atoms with Crippen LogP contribution in [0.3, 0.4) is 0 Å². The average molecular weight is 534 g/mol. The minimum atomic E-state index is -3.01. The number of benzene rings is 2. The van der Waals surface area contributed by atoms with Crippen molar-refractivity contribution < 1.29 is 18.0 Å². The number of nitrogens with one attached hydrogen (secondary N) is 1. The molecule has 3 heterocycles. The number of aryl methyl sites for hydroxylation is 1. The first-order chi connectivity index (χ1) is 18.5. The van der Waals surface area contributed by atoms with Gasteiger partial charge in [-0.1, -0.05) is 30.3 Å². The van der Waals surface area contributed by atoms with E-state index < -0.39 is 12.2 Å². The van der Waals surface area contributed by atoms with Gasteiger partial charge in [-0.3, -0.25) is 19.8 Å². The molecule has 1 unspecified atom stereocenters. The topological polar surface area (TPSA) is 74.9 Å². The normalized spacial score (nSPS) is 15.5. The van der Waals surface area contributed by atoms with Crippen molar-refractivity contribution in [1.29, 1.82) is 5.41 Å². The first-order valence-electron chi connectivity index (χ1n) is 13.0. The number of hydrogen-bond donors (Lipinski definition) is 1. The van der Waals surface area contributed by atoms with Gasteiger partial charge < -0.3 is 4.90 Å². The quantitative estimate of drug-likeness (QED) is 0.278. The van der Waals surface area contributed by atoms with Crippen molar-refractivity contribution >= 4 is 22.7 Å². The summed E-state index contributed by atoms with van der Waals surface area (Å²) in [5.41, 5.74) is 3.06. The molecule has 39 heavy (non-hydrogen) atoms. The number of para-hydroxylation sites is 2. The molecule has 1 atom stereocenters. The number of nitrogens with zero attached hydrogens (tertiary/aromatic N) is 4. The van der Waals surface area contributed by atoms with Crippen molar-refractivity contribution in [1.82, 2.24) is 19.4 Å². The molecule has 1 aliphatic heterocycles. The van der Waals surface area contributed by atoms with Crippen LogP contribution in [0, 0.1) is 12.3 Å². The molecule has 2 aromatic heterocycles. The molecule has 1 aliphatic rings. The molecule has 0 spiro atoms. The van der Waals surface area contributed by atoms with Gasteiger partial charge >= 0.3 is 0 Å². The van der Waals surface area contributed by atoms with E-state index in [1.807, 2.05) is 24.3 Å². The third kappa shape index (κ3) is 5.17. The molecule has 1 fully saturated rings. The lowest BCUT2D eigenvalue weighted by atomic mass is 9.95. The molecular weight excluding hydrogens is 503 g/mol. The molecule has 9 heteroatoms.